The smallest absolute Gasteiger partial charge is 0.226 e. The van der Waals surface area contributed by atoms with Crippen molar-refractivity contribution in [3.8, 4) is 11.5 Å². The van der Waals surface area contributed by atoms with Crippen molar-refractivity contribution in [1.82, 2.24) is 15.6 Å². The Morgan fingerprint density at radius 1 is 1.27 bits per heavy atom. The van der Waals surface area contributed by atoms with Crippen LogP contribution in [0.5, 0.6) is 11.5 Å². The first kappa shape index (κ1) is 20.0. The van der Waals surface area contributed by atoms with Gasteiger partial charge in [-0.2, -0.15) is 0 Å². The summed E-state index contributed by atoms with van der Waals surface area (Å²) in [5.41, 5.74) is 2.02. The first-order valence-corrected chi connectivity index (χ1v) is 8.38. The van der Waals surface area contributed by atoms with E-state index in [0.717, 1.165) is 24.2 Å². The van der Waals surface area contributed by atoms with E-state index >= 15 is 0 Å². The van der Waals surface area contributed by atoms with E-state index in [1.54, 1.807) is 19.5 Å². The van der Waals surface area contributed by atoms with Gasteiger partial charge in [0.05, 0.1) is 19.1 Å². The minimum atomic E-state index is -0.0868. The third kappa shape index (κ3) is 4.86. The lowest BCUT2D eigenvalue weighted by Crippen LogP contribution is -2.51. The van der Waals surface area contributed by atoms with Crippen molar-refractivity contribution >= 4 is 18.3 Å². The topological polar surface area (TPSA) is 72.5 Å². The lowest BCUT2D eigenvalue weighted by molar-refractivity contribution is -0.127. The number of carbonyl (C=O) groups excluding carboxylic acids is 1. The second-order valence-corrected chi connectivity index (χ2v) is 6.14. The molecule has 0 saturated carbocycles. The fourth-order valence-electron chi connectivity index (χ4n) is 2.60. The van der Waals surface area contributed by atoms with Crippen LogP contribution in [0, 0.1) is 5.92 Å². The number of benzene rings is 1. The van der Waals surface area contributed by atoms with Crippen LogP contribution in [0.15, 0.2) is 42.7 Å². The molecule has 2 heterocycles. The molecule has 1 fully saturated rings. The van der Waals surface area contributed by atoms with E-state index in [0.29, 0.717) is 18.1 Å². The zero-order chi connectivity index (χ0) is 17.6. The number of carbonyl (C=O) groups is 1. The molecule has 3 rings (SSSR count). The molecule has 0 radical (unpaired) electrons. The van der Waals surface area contributed by atoms with Crippen LogP contribution < -0.4 is 20.1 Å². The van der Waals surface area contributed by atoms with Gasteiger partial charge in [-0.15, -0.1) is 12.4 Å². The van der Waals surface area contributed by atoms with E-state index < -0.39 is 0 Å². The highest BCUT2D eigenvalue weighted by Gasteiger charge is 2.26. The number of nitrogens with one attached hydrogen (secondary N) is 2. The number of nitrogens with zero attached hydrogens (tertiary/aromatic N) is 1. The van der Waals surface area contributed by atoms with Crippen molar-refractivity contribution in [3.05, 3.63) is 53.9 Å². The van der Waals surface area contributed by atoms with Gasteiger partial charge in [0.2, 0.25) is 5.91 Å². The normalized spacial score (nSPS) is 14.5. The van der Waals surface area contributed by atoms with Crippen LogP contribution in [0.25, 0.3) is 0 Å². The van der Waals surface area contributed by atoms with Crippen LogP contribution >= 0.6 is 12.4 Å². The Labute approximate surface area is 159 Å². The van der Waals surface area contributed by atoms with Gasteiger partial charge < -0.3 is 20.1 Å². The first-order valence-electron chi connectivity index (χ1n) is 8.38. The van der Waals surface area contributed by atoms with Crippen molar-refractivity contribution in [1.29, 1.82) is 0 Å². The monoisotopic (exact) mass is 377 g/mol. The summed E-state index contributed by atoms with van der Waals surface area (Å²) in [5, 5.41) is 6.15. The van der Waals surface area contributed by atoms with Gasteiger partial charge in [-0.05, 0) is 42.3 Å². The van der Waals surface area contributed by atoms with Crippen molar-refractivity contribution in [2.75, 3.05) is 20.2 Å². The van der Waals surface area contributed by atoms with Crippen LogP contribution in [-0.2, 0) is 11.4 Å². The lowest BCUT2D eigenvalue weighted by Gasteiger charge is -2.27. The Morgan fingerprint density at radius 3 is 2.62 bits per heavy atom. The zero-order valence-electron chi connectivity index (χ0n) is 14.9. The Hall–Kier alpha value is -2.31. The van der Waals surface area contributed by atoms with Gasteiger partial charge in [-0.1, -0.05) is 6.07 Å². The molecule has 1 aromatic heterocycles. The number of amides is 1. The molecule has 140 valence electrons. The van der Waals surface area contributed by atoms with Gasteiger partial charge in [0.25, 0.3) is 0 Å². The fraction of sp³-hybridized carbons (Fsp3) is 0.368. The van der Waals surface area contributed by atoms with E-state index in [4.69, 9.17) is 9.47 Å². The van der Waals surface area contributed by atoms with Crippen molar-refractivity contribution in [2.24, 2.45) is 5.92 Å². The summed E-state index contributed by atoms with van der Waals surface area (Å²) in [6, 6.07) is 9.47. The van der Waals surface area contributed by atoms with Crippen LogP contribution in [0.2, 0.25) is 0 Å². The van der Waals surface area contributed by atoms with E-state index in [9.17, 15) is 4.79 Å². The van der Waals surface area contributed by atoms with E-state index in [1.807, 2.05) is 37.3 Å². The minimum absolute atomic E-state index is 0. The van der Waals surface area contributed by atoms with Gasteiger partial charge >= 0.3 is 0 Å². The van der Waals surface area contributed by atoms with Gasteiger partial charge in [0.15, 0.2) is 11.5 Å². The molecule has 1 atom stereocenters. The molecule has 0 spiro atoms. The SMILES string of the molecule is COc1cc(C(C)NC(=O)C2CNC2)ccc1OCc1ccncc1.Cl. The van der Waals surface area contributed by atoms with Crippen molar-refractivity contribution in [2.45, 2.75) is 19.6 Å². The number of aromatic nitrogens is 1. The van der Waals surface area contributed by atoms with E-state index in [1.165, 1.54) is 0 Å². The Morgan fingerprint density at radius 2 is 2.00 bits per heavy atom. The molecule has 26 heavy (non-hydrogen) atoms. The summed E-state index contributed by atoms with van der Waals surface area (Å²) in [6.45, 7) is 3.92. The third-order valence-corrected chi connectivity index (χ3v) is 4.34. The summed E-state index contributed by atoms with van der Waals surface area (Å²) in [4.78, 5) is 16.1. The Bertz CT molecular complexity index is 723. The van der Waals surface area contributed by atoms with Crippen LogP contribution in [0.4, 0.5) is 0 Å². The molecule has 0 bridgehead atoms. The number of rotatable bonds is 7. The average molecular weight is 378 g/mol. The largest absolute Gasteiger partial charge is 0.493 e. The van der Waals surface area contributed by atoms with Gasteiger partial charge in [-0.3, -0.25) is 9.78 Å². The van der Waals surface area contributed by atoms with Gasteiger partial charge in [-0.25, -0.2) is 0 Å². The molecule has 1 unspecified atom stereocenters. The number of methoxy groups -OCH3 is 1. The maximum atomic E-state index is 12.1. The fourth-order valence-corrected chi connectivity index (χ4v) is 2.60. The highest BCUT2D eigenvalue weighted by atomic mass is 35.5. The summed E-state index contributed by atoms with van der Waals surface area (Å²) >= 11 is 0. The molecule has 1 amide bonds. The van der Waals surface area contributed by atoms with Crippen LogP contribution in [0.1, 0.15) is 24.1 Å². The molecule has 7 heteroatoms. The summed E-state index contributed by atoms with van der Waals surface area (Å²) < 4.78 is 11.3. The molecule has 6 nitrogen and oxygen atoms in total. The summed E-state index contributed by atoms with van der Waals surface area (Å²) in [7, 11) is 1.61. The molecule has 1 aliphatic heterocycles. The average Bonchev–Trinajstić information content (AvgIpc) is 2.59. The van der Waals surface area contributed by atoms with Gasteiger partial charge in [0, 0.05) is 25.5 Å². The predicted octanol–water partition coefficient (Wildman–Crippen LogP) is 2.49. The highest BCUT2D eigenvalue weighted by molar-refractivity contribution is 5.85. The Kier molecular flexibility index (Phi) is 7.24. The maximum absolute atomic E-state index is 12.1. The van der Waals surface area contributed by atoms with Crippen molar-refractivity contribution in [3.63, 3.8) is 0 Å². The van der Waals surface area contributed by atoms with E-state index in [2.05, 4.69) is 15.6 Å². The van der Waals surface area contributed by atoms with E-state index in [-0.39, 0.29) is 30.3 Å². The highest BCUT2D eigenvalue weighted by Crippen LogP contribution is 2.31. The minimum Gasteiger partial charge on any atom is -0.493 e. The first-order chi connectivity index (χ1) is 12.2. The van der Waals surface area contributed by atoms with Crippen molar-refractivity contribution < 1.29 is 14.3 Å². The van der Waals surface area contributed by atoms with Crippen LogP contribution in [-0.4, -0.2) is 31.1 Å². The molecular formula is C19H24ClN3O3. The molecule has 1 aromatic carbocycles. The summed E-state index contributed by atoms with van der Waals surface area (Å²) in [6.07, 6.45) is 3.47. The standard InChI is InChI=1S/C19H23N3O3.ClH/c1-13(22-19(23)16-10-21-11-16)15-3-4-17(18(9-15)24-2)25-12-14-5-7-20-8-6-14;/h3-9,13,16,21H,10-12H2,1-2H3,(H,22,23);1H. The maximum Gasteiger partial charge on any atom is 0.226 e. The predicted molar refractivity (Wildman–Crippen MR) is 102 cm³/mol. The quantitative estimate of drug-likeness (QED) is 0.775. The molecule has 1 saturated heterocycles. The summed E-state index contributed by atoms with van der Waals surface area (Å²) in [5.74, 6) is 1.48. The number of hydrogen-bond donors (Lipinski definition) is 2. The number of hydrogen-bond acceptors (Lipinski definition) is 5. The second kappa shape index (κ2) is 9.40. The molecule has 1 aliphatic rings. The third-order valence-electron chi connectivity index (χ3n) is 4.34. The molecule has 2 N–H and O–H groups in total. The number of pyridine rings is 1. The Balaban J connectivity index is 0.00000243. The molecular weight excluding hydrogens is 354 g/mol. The number of halogens is 1. The number of ether oxygens (including phenoxy) is 2. The molecule has 2 aromatic rings. The lowest BCUT2D eigenvalue weighted by atomic mass is 10.0. The zero-order valence-corrected chi connectivity index (χ0v) is 15.7. The van der Waals surface area contributed by atoms with Crippen LogP contribution in [0.3, 0.4) is 0 Å². The second-order valence-electron chi connectivity index (χ2n) is 6.14. The van der Waals surface area contributed by atoms with Gasteiger partial charge in [0.1, 0.15) is 6.61 Å². The molecule has 0 aliphatic carbocycles.